The van der Waals surface area contributed by atoms with Crippen LogP contribution in [0.3, 0.4) is 0 Å². The highest BCUT2D eigenvalue weighted by Gasteiger charge is 2.34. The minimum Gasteiger partial charge on any atom is -0.496 e. The van der Waals surface area contributed by atoms with Crippen LogP contribution in [0.2, 0.25) is 0 Å². The van der Waals surface area contributed by atoms with Crippen LogP contribution in [-0.4, -0.2) is 24.7 Å². The molecule has 2 aromatic carbocycles. The topological polar surface area (TPSA) is 60.2 Å². The second kappa shape index (κ2) is 9.69. The van der Waals surface area contributed by atoms with Crippen LogP contribution in [0.25, 0.3) is 22.0 Å². The standard InChI is InChI=1S/C24H25F6N3O/c1-13-11-19(24(28,29)30)33-22-17(32-14(2)5-4-10-31)12-18(34-3)21(20(13)22)15-6-8-16(9-7-15)23(25,26)27/h6-9,11-12,14,32H,4-5,10,31H2,1-3H3. The molecule has 1 atom stereocenters. The lowest BCUT2D eigenvalue weighted by molar-refractivity contribution is -0.141. The lowest BCUT2D eigenvalue weighted by Crippen LogP contribution is -2.18. The highest BCUT2D eigenvalue weighted by Crippen LogP contribution is 2.44. The SMILES string of the molecule is COc1cc(NC(C)CCCN)c2nc(C(F)(F)F)cc(C)c2c1-c1ccc(C(F)(F)F)cc1. The molecule has 3 rings (SSSR count). The number of halogens is 6. The first-order chi connectivity index (χ1) is 15.9. The van der Waals surface area contributed by atoms with Crippen molar-refractivity contribution in [2.75, 3.05) is 19.0 Å². The maximum Gasteiger partial charge on any atom is 0.433 e. The zero-order valence-corrected chi connectivity index (χ0v) is 18.9. The van der Waals surface area contributed by atoms with Crippen molar-refractivity contribution in [2.24, 2.45) is 5.73 Å². The van der Waals surface area contributed by atoms with Crippen molar-refractivity contribution in [1.29, 1.82) is 0 Å². The fourth-order valence-corrected chi connectivity index (χ4v) is 3.87. The third-order valence-corrected chi connectivity index (χ3v) is 5.50. The van der Waals surface area contributed by atoms with E-state index >= 15 is 0 Å². The average molecular weight is 485 g/mol. The monoisotopic (exact) mass is 485 g/mol. The van der Waals surface area contributed by atoms with Crippen LogP contribution >= 0.6 is 0 Å². The van der Waals surface area contributed by atoms with Crippen LogP contribution in [0, 0.1) is 6.92 Å². The molecule has 0 radical (unpaired) electrons. The average Bonchev–Trinajstić information content (AvgIpc) is 2.76. The summed E-state index contributed by atoms with van der Waals surface area (Å²) in [5.74, 6) is 0.297. The number of alkyl halides is 6. The Morgan fingerprint density at radius 1 is 1.03 bits per heavy atom. The van der Waals surface area contributed by atoms with Crippen LogP contribution in [0.5, 0.6) is 5.75 Å². The molecule has 0 spiro atoms. The molecule has 0 saturated heterocycles. The van der Waals surface area contributed by atoms with Gasteiger partial charge in [0.05, 0.1) is 23.9 Å². The Kier molecular flexibility index (Phi) is 7.30. The van der Waals surface area contributed by atoms with Crippen LogP contribution in [0.15, 0.2) is 36.4 Å². The molecule has 3 aromatic rings. The molecule has 0 fully saturated rings. The molecule has 1 heterocycles. The number of anilines is 1. The minimum absolute atomic E-state index is 0.0580. The molecule has 34 heavy (non-hydrogen) atoms. The summed E-state index contributed by atoms with van der Waals surface area (Å²) in [7, 11) is 1.39. The first-order valence-electron chi connectivity index (χ1n) is 10.6. The van der Waals surface area contributed by atoms with Crippen LogP contribution in [0.1, 0.15) is 36.6 Å². The quantitative estimate of drug-likeness (QED) is 0.362. The minimum atomic E-state index is -4.67. The summed E-state index contributed by atoms with van der Waals surface area (Å²) in [6.07, 6.45) is -7.79. The summed E-state index contributed by atoms with van der Waals surface area (Å²) < 4.78 is 85.3. The van der Waals surface area contributed by atoms with E-state index < -0.39 is 23.6 Å². The molecule has 0 amide bonds. The molecule has 0 aliphatic rings. The molecule has 10 heteroatoms. The summed E-state index contributed by atoms with van der Waals surface area (Å²) in [6.45, 7) is 3.85. The normalized spacial score (nSPS) is 13.2. The number of aromatic nitrogens is 1. The number of nitrogens with zero attached hydrogens (tertiary/aromatic N) is 1. The molecule has 1 unspecified atom stereocenters. The Hall–Kier alpha value is -3.01. The number of rotatable bonds is 7. The highest BCUT2D eigenvalue weighted by atomic mass is 19.4. The van der Waals surface area contributed by atoms with E-state index in [1.807, 2.05) is 6.92 Å². The largest absolute Gasteiger partial charge is 0.496 e. The lowest BCUT2D eigenvalue weighted by Gasteiger charge is -2.22. The van der Waals surface area contributed by atoms with Crippen molar-refractivity contribution in [3.63, 3.8) is 0 Å². The van der Waals surface area contributed by atoms with Gasteiger partial charge in [-0.25, -0.2) is 4.98 Å². The third kappa shape index (κ3) is 5.38. The number of hydrogen-bond acceptors (Lipinski definition) is 4. The van der Waals surface area contributed by atoms with E-state index in [4.69, 9.17) is 10.5 Å². The van der Waals surface area contributed by atoms with Gasteiger partial charge in [0.25, 0.3) is 0 Å². The van der Waals surface area contributed by atoms with E-state index in [9.17, 15) is 26.3 Å². The Balaban J connectivity index is 2.29. The fourth-order valence-electron chi connectivity index (χ4n) is 3.87. The van der Waals surface area contributed by atoms with E-state index in [2.05, 4.69) is 10.3 Å². The van der Waals surface area contributed by atoms with Crippen molar-refractivity contribution in [2.45, 2.75) is 45.1 Å². The third-order valence-electron chi connectivity index (χ3n) is 5.50. The molecular weight excluding hydrogens is 460 g/mol. The Morgan fingerprint density at radius 3 is 2.21 bits per heavy atom. The first-order valence-corrected chi connectivity index (χ1v) is 10.6. The first kappa shape index (κ1) is 25.6. The Bertz CT molecular complexity index is 1160. The molecule has 4 nitrogen and oxygen atoms in total. The van der Waals surface area contributed by atoms with E-state index in [1.165, 1.54) is 32.2 Å². The highest BCUT2D eigenvalue weighted by molar-refractivity contribution is 6.06. The number of nitrogens with one attached hydrogen (secondary N) is 1. The number of fused-ring (bicyclic) bond motifs is 1. The Morgan fingerprint density at radius 2 is 1.68 bits per heavy atom. The van der Waals surface area contributed by atoms with Crippen LogP contribution in [-0.2, 0) is 12.4 Å². The van der Waals surface area contributed by atoms with Crippen molar-refractivity contribution < 1.29 is 31.1 Å². The molecular formula is C24H25F6N3O. The lowest BCUT2D eigenvalue weighted by atomic mass is 9.94. The van der Waals surface area contributed by atoms with E-state index in [1.54, 1.807) is 0 Å². The summed E-state index contributed by atoms with van der Waals surface area (Å²) >= 11 is 0. The number of aryl methyl sites for hydroxylation is 1. The van der Waals surface area contributed by atoms with Gasteiger partial charge in [-0.15, -0.1) is 0 Å². The van der Waals surface area contributed by atoms with Gasteiger partial charge in [-0.1, -0.05) is 12.1 Å². The van der Waals surface area contributed by atoms with Crippen molar-refractivity contribution in [3.05, 3.63) is 53.2 Å². The summed E-state index contributed by atoms with van der Waals surface area (Å²) in [4.78, 5) is 3.91. The van der Waals surface area contributed by atoms with Gasteiger partial charge in [-0.3, -0.25) is 0 Å². The van der Waals surface area contributed by atoms with Crippen LogP contribution < -0.4 is 15.8 Å². The number of benzene rings is 2. The van der Waals surface area contributed by atoms with Gasteiger partial charge in [0.1, 0.15) is 11.4 Å². The van der Waals surface area contributed by atoms with Gasteiger partial charge in [0.2, 0.25) is 0 Å². The molecule has 0 aliphatic heterocycles. The number of nitrogens with two attached hydrogens (primary N) is 1. The molecule has 0 bridgehead atoms. The zero-order chi connectivity index (χ0) is 25.3. The van der Waals surface area contributed by atoms with E-state index in [-0.39, 0.29) is 17.1 Å². The second-order valence-corrected chi connectivity index (χ2v) is 8.10. The van der Waals surface area contributed by atoms with Crippen LogP contribution in [0.4, 0.5) is 32.0 Å². The van der Waals surface area contributed by atoms with Crippen molar-refractivity contribution >= 4 is 16.6 Å². The van der Waals surface area contributed by atoms with Crippen molar-refractivity contribution in [1.82, 2.24) is 4.98 Å². The number of pyridine rings is 1. The number of ether oxygens (including phenoxy) is 1. The van der Waals surface area contributed by atoms with E-state index in [0.29, 0.717) is 47.3 Å². The molecule has 0 saturated carbocycles. The predicted octanol–water partition coefficient (Wildman–Crippen LogP) is 6.80. The number of methoxy groups -OCH3 is 1. The number of hydrogen-bond donors (Lipinski definition) is 2. The zero-order valence-electron chi connectivity index (χ0n) is 18.9. The summed E-state index contributed by atoms with van der Waals surface area (Å²) in [5.41, 5.74) is 5.06. The summed E-state index contributed by atoms with van der Waals surface area (Å²) in [5, 5.41) is 3.56. The fraction of sp³-hybridized carbons (Fsp3) is 0.375. The molecule has 0 aliphatic carbocycles. The van der Waals surface area contributed by atoms with Gasteiger partial charge in [-0.2, -0.15) is 26.3 Å². The summed E-state index contributed by atoms with van der Waals surface area (Å²) in [6, 6.07) is 6.73. The smallest absolute Gasteiger partial charge is 0.433 e. The molecule has 1 aromatic heterocycles. The Labute approximate surface area is 193 Å². The van der Waals surface area contributed by atoms with Gasteiger partial charge >= 0.3 is 12.4 Å². The maximum atomic E-state index is 13.6. The van der Waals surface area contributed by atoms with E-state index in [0.717, 1.165) is 18.2 Å². The van der Waals surface area contributed by atoms with Gasteiger partial charge < -0.3 is 15.8 Å². The molecule has 184 valence electrons. The molecule has 3 N–H and O–H groups in total. The van der Waals surface area contributed by atoms with Crippen molar-refractivity contribution in [3.8, 4) is 16.9 Å². The van der Waals surface area contributed by atoms with Gasteiger partial charge in [-0.05, 0) is 62.6 Å². The predicted molar refractivity (Wildman–Crippen MR) is 120 cm³/mol. The van der Waals surface area contributed by atoms with Gasteiger partial charge in [0.15, 0.2) is 0 Å². The van der Waals surface area contributed by atoms with Gasteiger partial charge in [0, 0.05) is 23.1 Å². The maximum absolute atomic E-state index is 13.6. The second-order valence-electron chi connectivity index (χ2n) is 8.10.